The fourth-order valence-electron chi connectivity index (χ4n) is 6.49. The van der Waals surface area contributed by atoms with E-state index < -0.39 is 53.3 Å². The minimum Gasteiger partial charge on any atom is -0.496 e. The van der Waals surface area contributed by atoms with Crippen LogP contribution in [0.4, 0.5) is 31.1 Å². The van der Waals surface area contributed by atoms with Gasteiger partial charge in [-0.05, 0) is 97.2 Å². The molecular weight excluding hydrogens is 642 g/mol. The molecule has 1 fully saturated rings. The van der Waals surface area contributed by atoms with E-state index in [2.05, 4.69) is 18.8 Å². The summed E-state index contributed by atoms with van der Waals surface area (Å²) in [4.78, 5) is 30.2. The van der Waals surface area contributed by atoms with Gasteiger partial charge in [0.1, 0.15) is 17.5 Å². The van der Waals surface area contributed by atoms with Crippen molar-refractivity contribution in [2.24, 2.45) is 5.41 Å². The Bertz CT molecular complexity index is 1760. The number of aromatic nitrogens is 1. The van der Waals surface area contributed by atoms with Crippen molar-refractivity contribution < 1.29 is 50.5 Å². The van der Waals surface area contributed by atoms with Crippen molar-refractivity contribution in [1.82, 2.24) is 9.88 Å². The van der Waals surface area contributed by atoms with E-state index in [4.69, 9.17) is 9.47 Å². The topological polar surface area (TPSA) is 89.0 Å². The number of carbonyl (C=O) groups excluding carboxylic acids is 1. The van der Waals surface area contributed by atoms with Gasteiger partial charge < -0.3 is 14.6 Å². The monoisotopic (exact) mass is 676 g/mol. The van der Waals surface area contributed by atoms with E-state index in [-0.39, 0.29) is 23.7 Å². The summed E-state index contributed by atoms with van der Waals surface area (Å²) < 4.78 is 92.8. The number of nitrogens with zero attached hydrogens (tertiary/aromatic N) is 2. The number of carbonyl (C=O) groups is 2. The maximum atomic E-state index is 13.6. The molecule has 0 saturated carbocycles. The fraction of sp³-hybridized carbons (Fsp3) is 0.400. The van der Waals surface area contributed by atoms with Gasteiger partial charge in [0.2, 0.25) is 0 Å². The number of halogens is 6. The quantitative estimate of drug-likeness (QED) is 0.251. The lowest BCUT2D eigenvalue weighted by molar-refractivity contribution is -0.143. The highest BCUT2D eigenvalue weighted by atomic mass is 19.4. The van der Waals surface area contributed by atoms with Gasteiger partial charge in [0, 0.05) is 23.4 Å². The summed E-state index contributed by atoms with van der Waals surface area (Å²) in [7, 11) is 1.52. The number of rotatable bonds is 7. The number of cyclic esters (lactones) is 1. The van der Waals surface area contributed by atoms with Gasteiger partial charge >= 0.3 is 24.4 Å². The molecule has 1 amide bonds. The van der Waals surface area contributed by atoms with E-state index in [1.807, 2.05) is 12.1 Å². The average Bonchev–Trinajstić information content (AvgIpc) is 3.27. The molecule has 5 rings (SSSR count). The summed E-state index contributed by atoms with van der Waals surface area (Å²) in [6.45, 7) is 7.42. The number of pyridine rings is 1. The van der Waals surface area contributed by atoms with Gasteiger partial charge in [-0.15, -0.1) is 0 Å². The van der Waals surface area contributed by atoms with E-state index >= 15 is 0 Å². The largest absolute Gasteiger partial charge is 0.496 e. The molecule has 1 aromatic heterocycles. The van der Waals surface area contributed by atoms with Gasteiger partial charge in [0.05, 0.1) is 24.3 Å². The Balaban J connectivity index is 1.55. The first-order valence-corrected chi connectivity index (χ1v) is 15.2. The molecule has 2 heterocycles. The van der Waals surface area contributed by atoms with Gasteiger partial charge in [0.25, 0.3) is 0 Å². The Morgan fingerprint density at radius 3 is 2.23 bits per heavy atom. The molecule has 7 nitrogen and oxygen atoms in total. The zero-order valence-electron chi connectivity index (χ0n) is 26.8. The summed E-state index contributed by atoms with van der Waals surface area (Å²) in [5.74, 6) is -0.595. The SMILES string of the molecule is COc1ccc(-c2ccc(C(=O)O)nc2C)cc1C1=C(CN2C(=O)O[C@H](c3cc(C(F)(F)F)cc(C(F)(F)F)c3)[C@@H]2C)CC(C)(C)CC1. The van der Waals surface area contributed by atoms with Gasteiger partial charge in [0.15, 0.2) is 0 Å². The molecule has 0 spiro atoms. The maximum Gasteiger partial charge on any atom is 0.416 e. The fourth-order valence-corrected chi connectivity index (χ4v) is 6.49. The van der Waals surface area contributed by atoms with Crippen LogP contribution in [0.25, 0.3) is 16.7 Å². The van der Waals surface area contributed by atoms with E-state index in [0.717, 1.165) is 28.7 Å². The molecule has 1 saturated heterocycles. The van der Waals surface area contributed by atoms with Crippen LogP contribution in [-0.4, -0.2) is 46.7 Å². The molecule has 1 aliphatic heterocycles. The van der Waals surface area contributed by atoms with E-state index in [0.29, 0.717) is 42.0 Å². The number of amides is 1. The molecule has 48 heavy (non-hydrogen) atoms. The third-order valence-electron chi connectivity index (χ3n) is 9.00. The molecule has 3 aromatic rings. The standard InChI is InChI=1S/C35H34F6N2O5/c1-18-25(7-8-28(42-18)31(44)45)20-6-9-29(47-5)27(14-20)26-10-11-33(3,4)16-22(26)17-43-19(2)30(48-32(43)46)21-12-23(34(36,37)38)15-24(13-21)35(39,40)41/h6-9,12-15,19,30H,10-11,16-17H2,1-5H3,(H,44,45)/t19-,30-/m0/s1. The third kappa shape index (κ3) is 7.00. The second kappa shape index (κ2) is 12.5. The average molecular weight is 677 g/mol. The lowest BCUT2D eigenvalue weighted by Gasteiger charge is -2.36. The molecule has 1 aliphatic carbocycles. The van der Waals surface area contributed by atoms with Crippen LogP contribution in [0.2, 0.25) is 0 Å². The Morgan fingerprint density at radius 2 is 1.67 bits per heavy atom. The van der Waals surface area contributed by atoms with Crippen molar-refractivity contribution in [1.29, 1.82) is 0 Å². The highest BCUT2D eigenvalue weighted by molar-refractivity contribution is 5.86. The van der Waals surface area contributed by atoms with Crippen molar-refractivity contribution in [2.45, 2.75) is 71.5 Å². The molecule has 0 unspecified atom stereocenters. The van der Waals surface area contributed by atoms with E-state index in [9.17, 15) is 41.0 Å². The van der Waals surface area contributed by atoms with Crippen molar-refractivity contribution in [2.75, 3.05) is 13.7 Å². The number of hydrogen-bond donors (Lipinski definition) is 1. The number of alkyl halides is 6. The number of allylic oxidation sites excluding steroid dienone is 1. The minimum atomic E-state index is -5.05. The van der Waals surface area contributed by atoms with E-state index in [1.54, 1.807) is 19.1 Å². The van der Waals surface area contributed by atoms with Gasteiger partial charge in [-0.2, -0.15) is 26.3 Å². The number of aromatic carboxylic acids is 1. The molecule has 0 bridgehead atoms. The normalized spacial score (nSPS) is 19.8. The van der Waals surface area contributed by atoms with Gasteiger partial charge in [-0.3, -0.25) is 4.90 Å². The summed E-state index contributed by atoms with van der Waals surface area (Å²) in [5, 5.41) is 9.34. The van der Waals surface area contributed by atoms with Crippen molar-refractivity contribution >= 4 is 17.6 Å². The lowest BCUT2D eigenvalue weighted by Crippen LogP contribution is -2.35. The lowest BCUT2D eigenvalue weighted by atomic mass is 9.72. The zero-order valence-corrected chi connectivity index (χ0v) is 26.8. The maximum absolute atomic E-state index is 13.6. The summed E-state index contributed by atoms with van der Waals surface area (Å²) >= 11 is 0. The van der Waals surface area contributed by atoms with Crippen molar-refractivity contribution in [3.63, 3.8) is 0 Å². The van der Waals surface area contributed by atoms with Crippen LogP contribution in [0.3, 0.4) is 0 Å². The van der Waals surface area contributed by atoms with Crippen LogP contribution in [0, 0.1) is 12.3 Å². The summed E-state index contributed by atoms with van der Waals surface area (Å²) in [6, 6.07) is 8.96. The Hall–Kier alpha value is -4.55. The highest BCUT2D eigenvalue weighted by Gasteiger charge is 2.44. The Kier molecular flexibility index (Phi) is 9.04. The first kappa shape index (κ1) is 34.8. The molecule has 13 heteroatoms. The first-order valence-electron chi connectivity index (χ1n) is 15.2. The van der Waals surface area contributed by atoms with Crippen LogP contribution in [-0.2, 0) is 17.1 Å². The number of aryl methyl sites for hydroxylation is 1. The molecular formula is C35H34F6N2O5. The molecule has 2 atom stereocenters. The number of hydrogen-bond acceptors (Lipinski definition) is 5. The van der Waals surface area contributed by atoms with Gasteiger partial charge in [-0.1, -0.05) is 26.0 Å². The minimum absolute atomic E-state index is 0.0294. The second-order valence-electron chi connectivity index (χ2n) is 13.0. The van der Waals surface area contributed by atoms with Crippen molar-refractivity contribution in [3.05, 3.63) is 87.7 Å². The highest BCUT2D eigenvalue weighted by Crippen LogP contribution is 2.47. The molecule has 0 radical (unpaired) electrons. The Morgan fingerprint density at radius 1 is 1.02 bits per heavy atom. The van der Waals surface area contributed by atoms with Crippen molar-refractivity contribution in [3.8, 4) is 16.9 Å². The molecule has 2 aliphatic rings. The van der Waals surface area contributed by atoms with Crippen LogP contribution >= 0.6 is 0 Å². The second-order valence-corrected chi connectivity index (χ2v) is 13.0. The first-order chi connectivity index (χ1) is 22.3. The summed E-state index contributed by atoms with van der Waals surface area (Å²) in [5.41, 5.74) is 0.825. The number of ether oxygens (including phenoxy) is 2. The predicted molar refractivity (Wildman–Crippen MR) is 164 cm³/mol. The third-order valence-corrected chi connectivity index (χ3v) is 9.00. The van der Waals surface area contributed by atoms with Crippen LogP contribution in [0.5, 0.6) is 5.75 Å². The number of carboxylic acids is 1. The molecule has 256 valence electrons. The smallest absolute Gasteiger partial charge is 0.416 e. The summed E-state index contributed by atoms with van der Waals surface area (Å²) in [6.07, 6.45) is -10.4. The number of carboxylic acid groups (broad SMARTS) is 1. The number of benzene rings is 2. The van der Waals surface area contributed by atoms with Crippen LogP contribution < -0.4 is 4.74 Å². The predicted octanol–water partition coefficient (Wildman–Crippen LogP) is 9.35. The molecule has 1 N–H and O–H groups in total. The number of methoxy groups -OCH3 is 1. The Labute approximate surface area is 273 Å². The van der Waals surface area contributed by atoms with Crippen LogP contribution in [0.1, 0.15) is 84.6 Å². The zero-order chi connectivity index (χ0) is 35.3. The van der Waals surface area contributed by atoms with Gasteiger partial charge in [-0.25, -0.2) is 14.6 Å². The van der Waals surface area contributed by atoms with Crippen LogP contribution in [0.15, 0.2) is 54.1 Å². The van der Waals surface area contributed by atoms with E-state index in [1.165, 1.54) is 25.0 Å². The molecule has 2 aromatic carbocycles.